The van der Waals surface area contributed by atoms with E-state index in [4.69, 9.17) is 5.11 Å². The van der Waals surface area contributed by atoms with Crippen LogP contribution in [0.3, 0.4) is 0 Å². The molecule has 0 bridgehead atoms. The van der Waals surface area contributed by atoms with Gasteiger partial charge in [-0.3, -0.25) is 4.79 Å². The number of carboxylic acid groups (broad SMARTS) is 1. The third kappa shape index (κ3) is 4.55. The molecule has 0 radical (unpaired) electrons. The lowest BCUT2D eigenvalue weighted by atomic mass is 10.4. The molecular weight excluding hydrogens is 204 g/mol. The van der Waals surface area contributed by atoms with E-state index in [9.17, 15) is 9.59 Å². The van der Waals surface area contributed by atoms with Crippen LogP contribution in [0.4, 0.5) is 4.79 Å². The summed E-state index contributed by atoms with van der Waals surface area (Å²) < 4.78 is 0. The van der Waals surface area contributed by atoms with Crippen molar-refractivity contribution in [1.29, 1.82) is 0 Å². The molecule has 0 unspecified atom stereocenters. The van der Waals surface area contributed by atoms with Crippen LogP contribution in [0.15, 0.2) is 0 Å². The molecule has 0 saturated heterocycles. The van der Waals surface area contributed by atoms with Gasteiger partial charge in [0.1, 0.15) is 0 Å². The Morgan fingerprint density at radius 2 is 2.20 bits per heavy atom. The molecule has 1 aromatic heterocycles. The topological polar surface area (TPSA) is 133 Å². The van der Waals surface area contributed by atoms with E-state index >= 15 is 0 Å². The van der Waals surface area contributed by atoms with Gasteiger partial charge in [-0.2, -0.15) is 5.21 Å². The van der Waals surface area contributed by atoms with Crippen LogP contribution in [0.25, 0.3) is 0 Å². The van der Waals surface area contributed by atoms with Crippen molar-refractivity contribution >= 4 is 12.0 Å². The van der Waals surface area contributed by atoms with E-state index in [1.807, 2.05) is 0 Å². The maximum absolute atomic E-state index is 11.0. The molecule has 1 rings (SSSR count). The summed E-state index contributed by atoms with van der Waals surface area (Å²) in [6.07, 6.45) is -0.115. The Bertz CT molecular complexity index is 324. The van der Waals surface area contributed by atoms with Gasteiger partial charge in [-0.05, 0) is 0 Å². The van der Waals surface area contributed by atoms with Crippen molar-refractivity contribution in [1.82, 2.24) is 31.3 Å². The third-order valence-electron chi connectivity index (χ3n) is 1.42. The second kappa shape index (κ2) is 5.52. The number of tetrazole rings is 1. The van der Waals surface area contributed by atoms with Gasteiger partial charge < -0.3 is 15.7 Å². The minimum absolute atomic E-state index is 0.0768. The average Bonchev–Trinajstić information content (AvgIpc) is 2.66. The zero-order valence-corrected chi connectivity index (χ0v) is 7.73. The van der Waals surface area contributed by atoms with Crippen LogP contribution in [0.5, 0.6) is 0 Å². The van der Waals surface area contributed by atoms with Crippen LogP contribution in [-0.2, 0) is 11.3 Å². The van der Waals surface area contributed by atoms with Crippen molar-refractivity contribution < 1.29 is 14.7 Å². The van der Waals surface area contributed by atoms with Crippen molar-refractivity contribution in [3.8, 4) is 0 Å². The number of carbonyl (C=O) groups excluding carboxylic acids is 1. The number of nitrogens with one attached hydrogen (secondary N) is 3. The Morgan fingerprint density at radius 3 is 2.80 bits per heavy atom. The molecule has 0 aromatic carbocycles. The number of carbonyl (C=O) groups is 2. The fourth-order valence-electron chi connectivity index (χ4n) is 0.762. The summed E-state index contributed by atoms with van der Waals surface area (Å²) in [7, 11) is 0. The van der Waals surface area contributed by atoms with Gasteiger partial charge in [0.25, 0.3) is 0 Å². The van der Waals surface area contributed by atoms with Crippen LogP contribution in [0.2, 0.25) is 0 Å². The first-order valence-electron chi connectivity index (χ1n) is 4.14. The molecule has 1 aromatic rings. The van der Waals surface area contributed by atoms with E-state index in [1.54, 1.807) is 0 Å². The quantitative estimate of drug-likeness (QED) is 0.470. The van der Waals surface area contributed by atoms with E-state index in [0.717, 1.165) is 0 Å². The number of urea groups is 1. The first kappa shape index (κ1) is 10.9. The number of nitrogens with zero attached hydrogens (tertiary/aromatic N) is 3. The molecule has 1 heterocycles. The molecule has 0 aliphatic heterocycles. The van der Waals surface area contributed by atoms with Crippen LogP contribution >= 0.6 is 0 Å². The molecule has 82 valence electrons. The number of carboxylic acids is 1. The summed E-state index contributed by atoms with van der Waals surface area (Å²) in [5.41, 5.74) is 0. The molecule has 0 spiro atoms. The third-order valence-corrected chi connectivity index (χ3v) is 1.42. The predicted octanol–water partition coefficient (Wildman–Crippen LogP) is -1.53. The number of aromatic nitrogens is 4. The lowest BCUT2D eigenvalue weighted by molar-refractivity contribution is -0.136. The molecule has 9 nitrogen and oxygen atoms in total. The molecular formula is C6H10N6O3. The Kier molecular flexibility index (Phi) is 4.01. The predicted molar refractivity (Wildman–Crippen MR) is 46.7 cm³/mol. The van der Waals surface area contributed by atoms with Gasteiger partial charge in [0.2, 0.25) is 0 Å². The maximum atomic E-state index is 11.0. The SMILES string of the molecule is O=C(O)CCNC(=O)NCc1nn[nH]n1. The highest BCUT2D eigenvalue weighted by atomic mass is 16.4. The van der Waals surface area contributed by atoms with Gasteiger partial charge in [0, 0.05) is 6.54 Å². The second-order valence-corrected chi connectivity index (χ2v) is 2.58. The molecule has 0 aliphatic carbocycles. The van der Waals surface area contributed by atoms with Crippen molar-refractivity contribution in [2.75, 3.05) is 6.54 Å². The molecule has 2 amide bonds. The molecule has 0 saturated carbocycles. The summed E-state index contributed by atoms with van der Waals surface area (Å²) in [5, 5.41) is 25.8. The molecule has 0 atom stereocenters. The number of amides is 2. The van der Waals surface area contributed by atoms with Crippen LogP contribution in [-0.4, -0.2) is 44.3 Å². The number of aromatic amines is 1. The van der Waals surface area contributed by atoms with Gasteiger partial charge in [0.05, 0.1) is 13.0 Å². The maximum Gasteiger partial charge on any atom is 0.315 e. The molecule has 0 aliphatic rings. The molecule has 9 heteroatoms. The van der Waals surface area contributed by atoms with Crippen molar-refractivity contribution in [3.63, 3.8) is 0 Å². The highest BCUT2D eigenvalue weighted by Gasteiger charge is 2.03. The largest absolute Gasteiger partial charge is 0.481 e. The van der Waals surface area contributed by atoms with Crippen LogP contribution in [0.1, 0.15) is 12.2 Å². The highest BCUT2D eigenvalue weighted by Crippen LogP contribution is 1.81. The van der Waals surface area contributed by atoms with Gasteiger partial charge >= 0.3 is 12.0 Å². The lowest BCUT2D eigenvalue weighted by Crippen LogP contribution is -2.36. The van der Waals surface area contributed by atoms with Gasteiger partial charge in [-0.25, -0.2) is 4.79 Å². The highest BCUT2D eigenvalue weighted by molar-refractivity contribution is 5.74. The Balaban J connectivity index is 2.11. The summed E-state index contributed by atoms with van der Waals surface area (Å²) >= 11 is 0. The van der Waals surface area contributed by atoms with Gasteiger partial charge in [-0.15, -0.1) is 10.2 Å². The number of hydrogen-bond acceptors (Lipinski definition) is 5. The first-order chi connectivity index (χ1) is 7.18. The number of H-pyrrole nitrogens is 1. The minimum Gasteiger partial charge on any atom is -0.481 e. The van der Waals surface area contributed by atoms with E-state index < -0.39 is 12.0 Å². The number of aliphatic carboxylic acids is 1. The average molecular weight is 214 g/mol. The smallest absolute Gasteiger partial charge is 0.315 e. The monoisotopic (exact) mass is 214 g/mol. The van der Waals surface area contributed by atoms with Gasteiger partial charge in [0.15, 0.2) is 5.82 Å². The minimum atomic E-state index is -0.964. The zero-order chi connectivity index (χ0) is 11.1. The summed E-state index contributed by atoms with van der Waals surface area (Å²) in [6, 6.07) is -0.471. The molecule has 15 heavy (non-hydrogen) atoms. The van der Waals surface area contributed by atoms with E-state index in [1.165, 1.54) is 0 Å². The second-order valence-electron chi connectivity index (χ2n) is 2.58. The van der Waals surface area contributed by atoms with Crippen molar-refractivity contribution in [3.05, 3.63) is 5.82 Å². The summed E-state index contributed by atoms with van der Waals surface area (Å²) in [4.78, 5) is 21.1. The Hall–Kier alpha value is -2.19. The Labute approximate surface area is 84.2 Å². The van der Waals surface area contributed by atoms with Crippen molar-refractivity contribution in [2.45, 2.75) is 13.0 Å². The number of rotatable bonds is 5. The fourth-order valence-corrected chi connectivity index (χ4v) is 0.762. The van der Waals surface area contributed by atoms with E-state index in [0.29, 0.717) is 5.82 Å². The molecule has 0 fully saturated rings. The standard InChI is InChI=1S/C6H10N6O3/c13-5(14)1-2-7-6(15)8-3-4-9-11-12-10-4/h1-3H2,(H,13,14)(H2,7,8,15)(H,9,10,11,12). The molecule has 4 N–H and O–H groups in total. The summed E-state index contributed by atoms with van der Waals surface area (Å²) in [5.74, 6) is -0.614. The number of hydrogen-bond donors (Lipinski definition) is 4. The summed E-state index contributed by atoms with van der Waals surface area (Å²) in [6.45, 7) is 0.211. The van der Waals surface area contributed by atoms with E-state index in [2.05, 4.69) is 31.3 Å². The normalized spacial score (nSPS) is 9.60. The zero-order valence-electron chi connectivity index (χ0n) is 7.73. The lowest BCUT2D eigenvalue weighted by Gasteiger charge is -2.03. The van der Waals surface area contributed by atoms with Gasteiger partial charge in [-0.1, -0.05) is 5.21 Å². The Morgan fingerprint density at radius 1 is 1.40 bits per heavy atom. The van der Waals surface area contributed by atoms with Crippen LogP contribution < -0.4 is 10.6 Å². The first-order valence-corrected chi connectivity index (χ1v) is 4.14. The van der Waals surface area contributed by atoms with E-state index in [-0.39, 0.29) is 19.5 Å². The van der Waals surface area contributed by atoms with Crippen LogP contribution in [0, 0.1) is 0 Å². The van der Waals surface area contributed by atoms with Crippen molar-refractivity contribution in [2.24, 2.45) is 0 Å². The fraction of sp³-hybridized carbons (Fsp3) is 0.500.